The molecular formula is C22H23N5. The zero-order valence-electron chi connectivity index (χ0n) is 15.8. The van der Waals surface area contributed by atoms with Gasteiger partial charge in [-0.05, 0) is 19.2 Å². The molecule has 1 aliphatic rings. The number of piperazine rings is 1. The van der Waals surface area contributed by atoms with E-state index in [1.807, 2.05) is 0 Å². The van der Waals surface area contributed by atoms with E-state index in [-0.39, 0.29) is 0 Å². The Morgan fingerprint density at radius 1 is 0.778 bits per heavy atom. The Labute approximate surface area is 158 Å². The van der Waals surface area contributed by atoms with Gasteiger partial charge < -0.3 is 14.4 Å². The van der Waals surface area contributed by atoms with E-state index in [2.05, 4.69) is 83.2 Å². The first-order valence-corrected chi connectivity index (χ1v) is 9.45. The van der Waals surface area contributed by atoms with Crippen molar-refractivity contribution < 1.29 is 0 Å². The summed E-state index contributed by atoms with van der Waals surface area (Å²) in [6.45, 7) is 4.01. The molecule has 27 heavy (non-hydrogen) atoms. The topological polar surface area (TPSA) is 37.2 Å². The molecule has 1 fully saturated rings. The summed E-state index contributed by atoms with van der Waals surface area (Å²) >= 11 is 0. The SMILES string of the molecule is CN1CCN(c2nc(-c3cn(C)c4ccccc34)c3ccccc3n2)CC1. The Balaban J connectivity index is 1.73. The van der Waals surface area contributed by atoms with E-state index in [4.69, 9.17) is 9.97 Å². The van der Waals surface area contributed by atoms with Crippen molar-refractivity contribution in [3.8, 4) is 11.3 Å². The zero-order chi connectivity index (χ0) is 18.4. The van der Waals surface area contributed by atoms with Crippen molar-refractivity contribution >= 4 is 27.8 Å². The summed E-state index contributed by atoms with van der Waals surface area (Å²) < 4.78 is 2.18. The molecule has 5 heteroatoms. The normalized spacial score (nSPS) is 15.7. The minimum Gasteiger partial charge on any atom is -0.350 e. The zero-order valence-corrected chi connectivity index (χ0v) is 15.8. The van der Waals surface area contributed by atoms with Crippen molar-refractivity contribution in [2.45, 2.75) is 0 Å². The van der Waals surface area contributed by atoms with Gasteiger partial charge in [-0.25, -0.2) is 9.97 Å². The van der Waals surface area contributed by atoms with E-state index in [0.717, 1.165) is 48.7 Å². The lowest BCUT2D eigenvalue weighted by Crippen LogP contribution is -2.45. The number of hydrogen-bond donors (Lipinski definition) is 0. The molecule has 0 unspecified atom stereocenters. The van der Waals surface area contributed by atoms with Gasteiger partial charge in [-0.15, -0.1) is 0 Å². The van der Waals surface area contributed by atoms with Gasteiger partial charge in [-0.2, -0.15) is 0 Å². The number of fused-ring (bicyclic) bond motifs is 2. The summed E-state index contributed by atoms with van der Waals surface area (Å²) in [7, 11) is 4.26. The number of para-hydroxylation sites is 2. The molecule has 1 aliphatic heterocycles. The molecule has 0 aliphatic carbocycles. The third-order valence-corrected chi connectivity index (χ3v) is 5.53. The molecule has 4 aromatic rings. The molecule has 5 nitrogen and oxygen atoms in total. The number of nitrogens with zero attached hydrogens (tertiary/aromatic N) is 5. The third kappa shape index (κ3) is 2.75. The highest BCUT2D eigenvalue weighted by Crippen LogP contribution is 2.34. The van der Waals surface area contributed by atoms with E-state index in [0.29, 0.717) is 0 Å². The Bertz CT molecular complexity index is 1120. The molecule has 2 aromatic carbocycles. The first-order valence-electron chi connectivity index (χ1n) is 9.45. The molecule has 2 aromatic heterocycles. The van der Waals surface area contributed by atoms with Crippen molar-refractivity contribution in [2.24, 2.45) is 7.05 Å². The van der Waals surface area contributed by atoms with Crippen LogP contribution in [0.2, 0.25) is 0 Å². The molecule has 0 atom stereocenters. The van der Waals surface area contributed by atoms with Crippen LogP contribution in [0.1, 0.15) is 0 Å². The summed E-state index contributed by atoms with van der Waals surface area (Å²) in [5.41, 5.74) is 4.41. The Hall–Kier alpha value is -2.92. The van der Waals surface area contributed by atoms with Crippen LogP contribution in [-0.2, 0) is 7.05 Å². The van der Waals surface area contributed by atoms with E-state index in [1.54, 1.807) is 0 Å². The van der Waals surface area contributed by atoms with Gasteiger partial charge in [0.15, 0.2) is 0 Å². The van der Waals surface area contributed by atoms with Gasteiger partial charge in [0.1, 0.15) is 0 Å². The summed E-state index contributed by atoms with van der Waals surface area (Å²) in [5, 5.41) is 2.33. The van der Waals surface area contributed by atoms with Crippen LogP contribution in [-0.4, -0.2) is 52.7 Å². The lowest BCUT2D eigenvalue weighted by atomic mass is 10.1. The van der Waals surface area contributed by atoms with Gasteiger partial charge in [0.05, 0.1) is 11.2 Å². The lowest BCUT2D eigenvalue weighted by molar-refractivity contribution is 0.311. The Morgan fingerprint density at radius 3 is 2.30 bits per heavy atom. The smallest absolute Gasteiger partial charge is 0.226 e. The standard InChI is InChI=1S/C22H23N5/c1-25-11-13-27(14-12-25)22-23-19-9-5-3-8-17(19)21(24-22)18-15-26(2)20-10-6-4-7-16(18)20/h3-10,15H,11-14H2,1-2H3. The van der Waals surface area contributed by atoms with Crippen LogP contribution in [0.25, 0.3) is 33.1 Å². The van der Waals surface area contributed by atoms with E-state index >= 15 is 0 Å². The second-order valence-electron chi connectivity index (χ2n) is 7.35. The highest BCUT2D eigenvalue weighted by molar-refractivity contribution is 6.03. The molecule has 136 valence electrons. The summed E-state index contributed by atoms with van der Waals surface area (Å²) in [6.07, 6.45) is 2.19. The van der Waals surface area contributed by atoms with Crippen LogP contribution in [0.15, 0.2) is 54.7 Å². The predicted molar refractivity (Wildman–Crippen MR) is 111 cm³/mol. The first-order chi connectivity index (χ1) is 13.2. The van der Waals surface area contributed by atoms with E-state index in [1.165, 1.54) is 16.5 Å². The third-order valence-electron chi connectivity index (χ3n) is 5.53. The molecule has 0 saturated carbocycles. The minimum absolute atomic E-state index is 0.838. The molecule has 1 saturated heterocycles. The van der Waals surface area contributed by atoms with Gasteiger partial charge >= 0.3 is 0 Å². The van der Waals surface area contributed by atoms with Crippen molar-refractivity contribution in [3.63, 3.8) is 0 Å². The largest absolute Gasteiger partial charge is 0.350 e. The van der Waals surface area contributed by atoms with Crippen LogP contribution < -0.4 is 4.90 Å². The van der Waals surface area contributed by atoms with Gasteiger partial charge in [-0.3, -0.25) is 0 Å². The lowest BCUT2D eigenvalue weighted by Gasteiger charge is -2.32. The van der Waals surface area contributed by atoms with Crippen molar-refractivity contribution in [2.75, 3.05) is 38.1 Å². The second-order valence-corrected chi connectivity index (χ2v) is 7.35. The second kappa shape index (κ2) is 6.35. The van der Waals surface area contributed by atoms with Crippen LogP contribution >= 0.6 is 0 Å². The van der Waals surface area contributed by atoms with Gasteiger partial charge in [0.25, 0.3) is 0 Å². The molecule has 0 bridgehead atoms. The molecule has 0 amide bonds. The molecule has 3 heterocycles. The summed E-state index contributed by atoms with van der Waals surface area (Å²) in [6, 6.07) is 16.8. The Kier molecular flexibility index (Phi) is 3.83. The maximum atomic E-state index is 5.07. The number of anilines is 1. The summed E-state index contributed by atoms with van der Waals surface area (Å²) in [5.74, 6) is 0.838. The van der Waals surface area contributed by atoms with E-state index in [9.17, 15) is 0 Å². The Morgan fingerprint density at radius 2 is 1.48 bits per heavy atom. The number of aromatic nitrogens is 3. The van der Waals surface area contributed by atoms with Crippen LogP contribution in [0.4, 0.5) is 5.95 Å². The van der Waals surface area contributed by atoms with Crippen molar-refractivity contribution in [3.05, 3.63) is 54.7 Å². The van der Waals surface area contributed by atoms with E-state index < -0.39 is 0 Å². The molecule has 5 rings (SSSR count). The average molecular weight is 357 g/mol. The number of rotatable bonds is 2. The van der Waals surface area contributed by atoms with Gasteiger partial charge in [0, 0.05) is 61.3 Å². The maximum Gasteiger partial charge on any atom is 0.226 e. The highest BCUT2D eigenvalue weighted by atomic mass is 15.3. The maximum absolute atomic E-state index is 5.07. The fourth-order valence-electron chi connectivity index (χ4n) is 3.95. The molecular weight excluding hydrogens is 334 g/mol. The average Bonchev–Trinajstić information content (AvgIpc) is 3.04. The molecule has 0 radical (unpaired) electrons. The van der Waals surface area contributed by atoms with Gasteiger partial charge in [-0.1, -0.05) is 36.4 Å². The fraction of sp³-hybridized carbons (Fsp3) is 0.273. The quantitative estimate of drug-likeness (QED) is 0.550. The molecule has 0 spiro atoms. The monoisotopic (exact) mass is 357 g/mol. The van der Waals surface area contributed by atoms with Gasteiger partial charge in [0.2, 0.25) is 5.95 Å². The fourth-order valence-corrected chi connectivity index (χ4v) is 3.95. The minimum atomic E-state index is 0.838. The van der Waals surface area contributed by atoms with Crippen LogP contribution in [0.5, 0.6) is 0 Å². The first kappa shape index (κ1) is 16.3. The number of likely N-dealkylation sites (N-methyl/N-ethyl adjacent to an activating group) is 1. The number of aryl methyl sites for hydroxylation is 1. The highest BCUT2D eigenvalue weighted by Gasteiger charge is 2.20. The summed E-state index contributed by atoms with van der Waals surface area (Å²) in [4.78, 5) is 14.6. The predicted octanol–water partition coefficient (Wildman–Crippen LogP) is 3.54. The number of hydrogen-bond acceptors (Lipinski definition) is 4. The van der Waals surface area contributed by atoms with Crippen LogP contribution in [0.3, 0.4) is 0 Å². The number of benzene rings is 2. The molecule has 0 N–H and O–H groups in total. The van der Waals surface area contributed by atoms with Crippen molar-refractivity contribution in [1.29, 1.82) is 0 Å². The van der Waals surface area contributed by atoms with Crippen LogP contribution in [0, 0.1) is 0 Å². The van der Waals surface area contributed by atoms with Crippen molar-refractivity contribution in [1.82, 2.24) is 19.4 Å².